The number of Topliss-reactive ketones (excluding diaryl/α,β-unsaturated/α-hetero) is 1. The first-order valence-corrected chi connectivity index (χ1v) is 7.11. The summed E-state index contributed by atoms with van der Waals surface area (Å²) in [5, 5.41) is 0. The van der Waals surface area contributed by atoms with Gasteiger partial charge in [-0.25, -0.2) is 4.79 Å². The number of carbonyl (C=O) groups excluding carboxylic acids is 2. The van der Waals surface area contributed by atoms with Gasteiger partial charge in [0, 0.05) is 38.3 Å². The molecule has 1 amide bonds. The van der Waals surface area contributed by atoms with Gasteiger partial charge in [0.1, 0.15) is 5.60 Å². The van der Waals surface area contributed by atoms with Gasteiger partial charge in [0.15, 0.2) is 5.78 Å². The summed E-state index contributed by atoms with van der Waals surface area (Å²) in [5.74, 6) is 0.158. The first kappa shape index (κ1) is 14.9. The quantitative estimate of drug-likeness (QED) is 0.691. The van der Waals surface area contributed by atoms with E-state index in [9.17, 15) is 9.59 Å². The number of fused-ring (bicyclic) bond motifs is 2. The molecule has 2 aliphatic heterocycles. The normalized spacial score (nSPS) is 27.9. The molecule has 0 spiro atoms. The van der Waals surface area contributed by atoms with Gasteiger partial charge < -0.3 is 9.64 Å². The van der Waals surface area contributed by atoms with Crippen molar-refractivity contribution in [2.24, 2.45) is 0 Å². The lowest BCUT2D eigenvalue weighted by Gasteiger charge is -2.37. The third-order valence-corrected chi connectivity index (χ3v) is 3.61. The molecule has 2 heterocycles. The summed E-state index contributed by atoms with van der Waals surface area (Å²) < 4.78 is 5.48. The van der Waals surface area contributed by atoms with Gasteiger partial charge in [0.05, 0.1) is 6.04 Å². The highest BCUT2D eigenvalue weighted by atomic mass is 16.6. The maximum absolute atomic E-state index is 12.4. The average molecular weight is 280 g/mol. The molecule has 2 fully saturated rings. The van der Waals surface area contributed by atoms with Gasteiger partial charge in [-0.05, 0) is 33.6 Å². The Morgan fingerprint density at radius 3 is 2.55 bits per heavy atom. The molecule has 5 nitrogen and oxygen atoms in total. The lowest BCUT2D eigenvalue weighted by molar-refractivity contribution is -0.118. The van der Waals surface area contributed by atoms with Crippen molar-refractivity contribution in [1.82, 2.24) is 9.80 Å². The number of hydrogen-bond acceptors (Lipinski definition) is 4. The van der Waals surface area contributed by atoms with E-state index in [1.54, 1.807) is 4.90 Å². The van der Waals surface area contributed by atoms with Gasteiger partial charge in [0.2, 0.25) is 0 Å². The molecule has 2 rings (SSSR count). The van der Waals surface area contributed by atoms with Crippen LogP contribution in [0.5, 0.6) is 0 Å². The Labute approximate surface area is 120 Å². The van der Waals surface area contributed by atoms with Crippen molar-refractivity contribution in [2.75, 3.05) is 14.1 Å². The second kappa shape index (κ2) is 5.11. The van der Waals surface area contributed by atoms with Crippen LogP contribution >= 0.6 is 0 Å². The molecule has 2 saturated heterocycles. The summed E-state index contributed by atoms with van der Waals surface area (Å²) >= 11 is 0. The number of ketones is 1. The summed E-state index contributed by atoms with van der Waals surface area (Å²) in [5.41, 5.74) is 0.221. The van der Waals surface area contributed by atoms with E-state index < -0.39 is 5.60 Å². The Morgan fingerprint density at radius 1 is 1.35 bits per heavy atom. The second-order valence-electron chi connectivity index (χ2n) is 6.81. The number of hydrogen-bond donors (Lipinski definition) is 0. The fourth-order valence-corrected chi connectivity index (χ4v) is 2.93. The number of carbonyl (C=O) groups is 2. The molecule has 2 unspecified atom stereocenters. The average Bonchev–Trinajstić information content (AvgIpc) is 2.59. The molecule has 0 aromatic heterocycles. The lowest BCUT2D eigenvalue weighted by Crippen LogP contribution is -2.50. The van der Waals surface area contributed by atoms with Crippen molar-refractivity contribution < 1.29 is 14.3 Å². The Bertz CT molecular complexity index is 449. The fraction of sp³-hybridized carbons (Fsp3) is 0.733. The Hall–Kier alpha value is -1.52. The largest absolute Gasteiger partial charge is 0.444 e. The molecular weight excluding hydrogens is 256 g/mol. The van der Waals surface area contributed by atoms with Crippen LogP contribution < -0.4 is 0 Å². The topological polar surface area (TPSA) is 49.9 Å². The van der Waals surface area contributed by atoms with Crippen molar-refractivity contribution in [1.29, 1.82) is 0 Å². The molecule has 0 aromatic carbocycles. The van der Waals surface area contributed by atoms with E-state index in [0.717, 1.165) is 18.4 Å². The zero-order valence-electron chi connectivity index (χ0n) is 13.0. The first-order chi connectivity index (χ1) is 9.19. The fourth-order valence-electron chi connectivity index (χ4n) is 2.93. The second-order valence-corrected chi connectivity index (χ2v) is 6.81. The van der Waals surface area contributed by atoms with E-state index in [1.807, 2.05) is 46.0 Å². The molecule has 2 atom stereocenters. The van der Waals surface area contributed by atoms with Gasteiger partial charge in [-0.3, -0.25) is 9.69 Å². The van der Waals surface area contributed by atoms with Crippen molar-refractivity contribution >= 4 is 11.9 Å². The summed E-state index contributed by atoms with van der Waals surface area (Å²) in [4.78, 5) is 28.2. The van der Waals surface area contributed by atoms with Gasteiger partial charge in [-0.1, -0.05) is 0 Å². The molecule has 20 heavy (non-hydrogen) atoms. The van der Waals surface area contributed by atoms with E-state index in [2.05, 4.69) is 0 Å². The Morgan fingerprint density at radius 2 is 2.00 bits per heavy atom. The van der Waals surface area contributed by atoms with Gasteiger partial charge >= 0.3 is 6.09 Å². The number of amides is 1. The summed E-state index contributed by atoms with van der Waals surface area (Å²) in [6.07, 6.45) is 3.67. The summed E-state index contributed by atoms with van der Waals surface area (Å²) in [6, 6.07) is -0.125. The Kier molecular flexibility index (Phi) is 3.80. The van der Waals surface area contributed by atoms with E-state index in [4.69, 9.17) is 4.74 Å². The van der Waals surface area contributed by atoms with Crippen LogP contribution in [-0.4, -0.2) is 53.5 Å². The molecule has 2 aliphatic rings. The summed E-state index contributed by atoms with van der Waals surface area (Å²) in [6.45, 7) is 5.58. The monoisotopic (exact) mass is 280 g/mol. The van der Waals surface area contributed by atoms with E-state index in [0.29, 0.717) is 6.42 Å². The van der Waals surface area contributed by atoms with Gasteiger partial charge in [-0.2, -0.15) is 0 Å². The van der Waals surface area contributed by atoms with Crippen molar-refractivity contribution in [2.45, 2.75) is 57.7 Å². The number of piperidine rings is 1. The van der Waals surface area contributed by atoms with Crippen LogP contribution in [-0.2, 0) is 9.53 Å². The van der Waals surface area contributed by atoms with Crippen molar-refractivity contribution in [3.63, 3.8) is 0 Å². The number of rotatable bonds is 1. The number of nitrogens with zero attached hydrogens (tertiary/aromatic N) is 2. The Balaban J connectivity index is 2.23. The van der Waals surface area contributed by atoms with E-state index in [1.165, 1.54) is 0 Å². The minimum absolute atomic E-state index is 0.00154. The minimum atomic E-state index is -0.511. The third kappa shape index (κ3) is 2.97. The van der Waals surface area contributed by atoms with Crippen LogP contribution in [0.4, 0.5) is 4.79 Å². The number of ether oxygens (including phenoxy) is 1. The van der Waals surface area contributed by atoms with Crippen molar-refractivity contribution in [3.8, 4) is 0 Å². The molecule has 2 bridgehead atoms. The van der Waals surface area contributed by atoms with Gasteiger partial charge in [0.25, 0.3) is 0 Å². The smallest absolute Gasteiger partial charge is 0.411 e. The molecule has 0 N–H and O–H groups in total. The van der Waals surface area contributed by atoms with Crippen LogP contribution in [0, 0.1) is 0 Å². The predicted octanol–water partition coefficient (Wildman–Crippen LogP) is 2.17. The SMILES string of the molecule is CN(C)/C=C1\C(=O)CC2CCC1N2C(=O)OC(C)(C)C. The minimum Gasteiger partial charge on any atom is -0.444 e. The zero-order valence-corrected chi connectivity index (χ0v) is 13.0. The molecular formula is C15H24N2O3. The predicted molar refractivity (Wildman–Crippen MR) is 76.3 cm³/mol. The molecule has 0 aliphatic carbocycles. The standard InChI is InChI=1S/C15H24N2O3/c1-15(2,3)20-14(19)17-10-6-7-12(17)11(9-16(4)5)13(18)8-10/h9-10,12H,6-8H2,1-5H3/b11-9-. The molecule has 0 aromatic rings. The van der Waals surface area contributed by atoms with Crippen LogP contribution in [0.15, 0.2) is 11.8 Å². The maximum Gasteiger partial charge on any atom is 0.411 e. The molecule has 5 heteroatoms. The first-order valence-electron chi connectivity index (χ1n) is 7.11. The molecule has 0 saturated carbocycles. The highest BCUT2D eigenvalue weighted by Gasteiger charge is 2.47. The van der Waals surface area contributed by atoms with Crippen LogP contribution in [0.3, 0.4) is 0 Å². The summed E-state index contributed by atoms with van der Waals surface area (Å²) in [7, 11) is 3.78. The zero-order chi connectivity index (χ0) is 15.1. The lowest BCUT2D eigenvalue weighted by atomic mass is 9.96. The maximum atomic E-state index is 12.4. The third-order valence-electron chi connectivity index (χ3n) is 3.61. The van der Waals surface area contributed by atoms with Crippen LogP contribution in [0.2, 0.25) is 0 Å². The molecule has 112 valence electrons. The van der Waals surface area contributed by atoms with Crippen LogP contribution in [0.1, 0.15) is 40.0 Å². The van der Waals surface area contributed by atoms with E-state index >= 15 is 0 Å². The highest BCUT2D eigenvalue weighted by molar-refractivity contribution is 5.99. The van der Waals surface area contributed by atoms with Gasteiger partial charge in [-0.15, -0.1) is 0 Å². The van der Waals surface area contributed by atoms with Crippen molar-refractivity contribution in [3.05, 3.63) is 11.8 Å². The van der Waals surface area contributed by atoms with Crippen LogP contribution in [0.25, 0.3) is 0 Å². The molecule has 0 radical (unpaired) electrons. The highest BCUT2D eigenvalue weighted by Crippen LogP contribution is 2.38. The van der Waals surface area contributed by atoms with E-state index in [-0.39, 0.29) is 24.0 Å².